The van der Waals surface area contributed by atoms with Gasteiger partial charge in [0, 0.05) is 12.1 Å². The average Bonchev–Trinajstić information content (AvgIpc) is 2.73. The van der Waals surface area contributed by atoms with Crippen LogP contribution in [-0.4, -0.2) is 43.9 Å². The molecule has 0 unspecified atom stereocenters. The van der Waals surface area contributed by atoms with Gasteiger partial charge in [-0.3, -0.25) is 19.3 Å². The number of halogens is 1. The lowest BCUT2D eigenvalue weighted by atomic mass is 10.1. The van der Waals surface area contributed by atoms with Crippen molar-refractivity contribution in [1.29, 1.82) is 0 Å². The van der Waals surface area contributed by atoms with Crippen molar-refractivity contribution in [3.63, 3.8) is 0 Å². The van der Waals surface area contributed by atoms with Gasteiger partial charge in [0.15, 0.2) is 30.6 Å². The third-order valence-electron chi connectivity index (χ3n) is 4.29. The van der Waals surface area contributed by atoms with Gasteiger partial charge in [0.2, 0.25) is 5.91 Å². The lowest BCUT2D eigenvalue weighted by molar-refractivity contribution is -0.125. The van der Waals surface area contributed by atoms with E-state index in [1.54, 1.807) is 12.1 Å². The van der Waals surface area contributed by atoms with Gasteiger partial charge in [0.1, 0.15) is 12.3 Å². The minimum atomic E-state index is -0.561. The van der Waals surface area contributed by atoms with E-state index in [9.17, 15) is 18.8 Å². The summed E-state index contributed by atoms with van der Waals surface area (Å²) in [7, 11) is 0. The number of carbonyl (C=O) groups excluding carboxylic acids is 3. The zero-order valence-corrected chi connectivity index (χ0v) is 15.9. The monoisotopic (exact) mass is 400 g/mol. The molecular weight excluding hydrogens is 379 g/mol. The standard InChI is InChI=1S/C21H21FN2O5/c1-2-9-23-20(26)11-24-16-10-14(7-8-19(16)29-13-21(24)27)17(25)12-28-18-6-4-3-5-15(18)22/h3-8,10H,2,9,11-13H2,1H3,(H,23,26). The van der Waals surface area contributed by atoms with Gasteiger partial charge in [-0.15, -0.1) is 0 Å². The SMILES string of the molecule is CCCNC(=O)CN1C(=O)COc2ccc(C(=O)COc3ccccc3F)cc21. The van der Waals surface area contributed by atoms with Crippen LogP contribution in [0.4, 0.5) is 10.1 Å². The molecule has 3 rings (SSSR count). The van der Waals surface area contributed by atoms with E-state index in [1.807, 2.05) is 6.92 Å². The second kappa shape index (κ2) is 9.18. The largest absolute Gasteiger partial charge is 0.482 e. The van der Waals surface area contributed by atoms with E-state index < -0.39 is 11.6 Å². The molecule has 8 heteroatoms. The Bertz CT molecular complexity index is 931. The summed E-state index contributed by atoms with van der Waals surface area (Å²) >= 11 is 0. The maximum absolute atomic E-state index is 13.6. The van der Waals surface area contributed by atoms with Crippen molar-refractivity contribution in [2.45, 2.75) is 13.3 Å². The number of nitrogens with zero attached hydrogens (tertiary/aromatic N) is 1. The number of nitrogens with one attached hydrogen (secondary N) is 1. The Balaban J connectivity index is 1.75. The molecule has 1 N–H and O–H groups in total. The fourth-order valence-corrected chi connectivity index (χ4v) is 2.80. The quantitative estimate of drug-likeness (QED) is 0.688. The zero-order chi connectivity index (χ0) is 20.8. The van der Waals surface area contributed by atoms with E-state index in [-0.39, 0.29) is 42.9 Å². The van der Waals surface area contributed by atoms with Gasteiger partial charge >= 0.3 is 0 Å². The van der Waals surface area contributed by atoms with Crippen molar-refractivity contribution in [1.82, 2.24) is 5.32 Å². The molecule has 0 fully saturated rings. The second-order valence-electron chi connectivity index (χ2n) is 6.44. The molecule has 2 amide bonds. The van der Waals surface area contributed by atoms with E-state index in [1.165, 1.54) is 35.2 Å². The highest BCUT2D eigenvalue weighted by molar-refractivity contribution is 6.04. The summed E-state index contributed by atoms with van der Waals surface area (Å²) in [6.07, 6.45) is 0.778. The van der Waals surface area contributed by atoms with Crippen molar-refractivity contribution >= 4 is 23.3 Å². The van der Waals surface area contributed by atoms with Gasteiger partial charge in [-0.05, 0) is 36.8 Å². The molecule has 0 saturated carbocycles. The Hall–Kier alpha value is -3.42. The van der Waals surface area contributed by atoms with Crippen LogP contribution in [0.3, 0.4) is 0 Å². The minimum Gasteiger partial charge on any atom is -0.482 e. The number of para-hydroxylation sites is 1. The lowest BCUT2D eigenvalue weighted by Gasteiger charge is -2.29. The predicted octanol–water partition coefficient (Wildman–Crippen LogP) is 2.34. The van der Waals surface area contributed by atoms with Crippen LogP contribution in [0.2, 0.25) is 0 Å². The molecule has 0 saturated heterocycles. The lowest BCUT2D eigenvalue weighted by Crippen LogP contribution is -2.45. The van der Waals surface area contributed by atoms with Gasteiger partial charge in [0.25, 0.3) is 5.91 Å². The van der Waals surface area contributed by atoms with Crippen molar-refractivity contribution in [3.8, 4) is 11.5 Å². The molecule has 0 spiro atoms. The highest BCUT2D eigenvalue weighted by atomic mass is 19.1. The molecule has 7 nitrogen and oxygen atoms in total. The summed E-state index contributed by atoms with van der Waals surface area (Å²) in [5.74, 6) is -1.26. The number of hydrogen-bond acceptors (Lipinski definition) is 5. The van der Waals surface area contributed by atoms with Crippen LogP contribution in [0.1, 0.15) is 23.7 Å². The van der Waals surface area contributed by atoms with Crippen LogP contribution < -0.4 is 19.7 Å². The van der Waals surface area contributed by atoms with Crippen LogP contribution >= 0.6 is 0 Å². The zero-order valence-electron chi connectivity index (χ0n) is 15.9. The smallest absolute Gasteiger partial charge is 0.265 e. The first-order valence-corrected chi connectivity index (χ1v) is 9.24. The molecule has 29 heavy (non-hydrogen) atoms. The summed E-state index contributed by atoms with van der Waals surface area (Å²) in [5.41, 5.74) is 0.599. The fraction of sp³-hybridized carbons (Fsp3) is 0.286. The predicted molar refractivity (Wildman–Crippen MR) is 104 cm³/mol. The summed E-state index contributed by atoms with van der Waals surface area (Å²) in [6, 6.07) is 10.4. The summed E-state index contributed by atoms with van der Waals surface area (Å²) in [5, 5.41) is 2.72. The fourth-order valence-electron chi connectivity index (χ4n) is 2.80. The maximum Gasteiger partial charge on any atom is 0.265 e. The Labute approximate surface area is 167 Å². The molecule has 2 aromatic carbocycles. The summed E-state index contributed by atoms with van der Waals surface area (Å²) < 4.78 is 24.3. The Morgan fingerprint density at radius 1 is 1.24 bits per heavy atom. The number of fused-ring (bicyclic) bond motifs is 1. The molecule has 2 aromatic rings. The number of hydrogen-bond donors (Lipinski definition) is 1. The molecule has 0 atom stereocenters. The highest BCUT2D eigenvalue weighted by Gasteiger charge is 2.28. The van der Waals surface area contributed by atoms with Crippen molar-refractivity contribution in [2.24, 2.45) is 0 Å². The van der Waals surface area contributed by atoms with Gasteiger partial charge in [-0.25, -0.2) is 4.39 Å². The first-order valence-electron chi connectivity index (χ1n) is 9.24. The number of amides is 2. The Morgan fingerprint density at radius 2 is 2.03 bits per heavy atom. The first-order chi connectivity index (χ1) is 14.0. The van der Waals surface area contributed by atoms with E-state index in [4.69, 9.17) is 9.47 Å². The average molecular weight is 400 g/mol. The third-order valence-corrected chi connectivity index (χ3v) is 4.29. The number of Topliss-reactive ketones (excluding diaryl/α,β-unsaturated/α-hetero) is 1. The van der Waals surface area contributed by atoms with Gasteiger partial charge < -0.3 is 14.8 Å². The van der Waals surface area contributed by atoms with E-state index in [2.05, 4.69) is 5.32 Å². The normalized spacial score (nSPS) is 12.8. The number of benzene rings is 2. The van der Waals surface area contributed by atoms with E-state index >= 15 is 0 Å². The van der Waals surface area contributed by atoms with Crippen molar-refractivity contribution < 1.29 is 28.2 Å². The second-order valence-corrected chi connectivity index (χ2v) is 6.44. The van der Waals surface area contributed by atoms with Gasteiger partial charge in [-0.2, -0.15) is 0 Å². The first kappa shape index (κ1) is 20.3. The number of ketones is 1. The Morgan fingerprint density at radius 3 is 2.79 bits per heavy atom. The molecule has 0 aromatic heterocycles. The molecule has 1 aliphatic rings. The third kappa shape index (κ3) is 4.90. The molecule has 1 aliphatic heterocycles. The van der Waals surface area contributed by atoms with Gasteiger partial charge in [-0.1, -0.05) is 19.1 Å². The van der Waals surface area contributed by atoms with Crippen LogP contribution in [0, 0.1) is 5.82 Å². The topological polar surface area (TPSA) is 84.9 Å². The number of carbonyl (C=O) groups is 3. The van der Waals surface area contributed by atoms with E-state index in [0.717, 1.165) is 6.42 Å². The van der Waals surface area contributed by atoms with Crippen LogP contribution in [-0.2, 0) is 9.59 Å². The summed E-state index contributed by atoms with van der Waals surface area (Å²) in [6.45, 7) is 1.72. The molecular formula is C21H21FN2O5. The van der Waals surface area contributed by atoms with Crippen LogP contribution in [0.25, 0.3) is 0 Å². The number of ether oxygens (including phenoxy) is 2. The highest BCUT2D eigenvalue weighted by Crippen LogP contribution is 2.33. The number of rotatable bonds is 8. The molecule has 152 valence electrons. The van der Waals surface area contributed by atoms with E-state index in [0.29, 0.717) is 18.0 Å². The van der Waals surface area contributed by atoms with Crippen molar-refractivity contribution in [2.75, 3.05) is 31.2 Å². The molecule has 0 radical (unpaired) electrons. The van der Waals surface area contributed by atoms with Crippen LogP contribution in [0.15, 0.2) is 42.5 Å². The number of anilines is 1. The Kier molecular flexibility index (Phi) is 6.43. The van der Waals surface area contributed by atoms with Crippen LogP contribution in [0.5, 0.6) is 11.5 Å². The summed E-state index contributed by atoms with van der Waals surface area (Å²) in [4.78, 5) is 38.1. The minimum absolute atomic E-state index is 0.0217. The van der Waals surface area contributed by atoms with Gasteiger partial charge in [0.05, 0.1) is 5.69 Å². The molecule has 1 heterocycles. The maximum atomic E-state index is 13.6. The van der Waals surface area contributed by atoms with Crippen molar-refractivity contribution in [3.05, 3.63) is 53.8 Å². The molecule has 0 aliphatic carbocycles. The molecule has 0 bridgehead atoms.